The van der Waals surface area contributed by atoms with E-state index in [1.807, 2.05) is 6.07 Å². The molecular formula is C16H15N5O4S. The molecule has 3 amide bonds. The maximum absolute atomic E-state index is 12.3. The molecule has 10 heteroatoms. The number of anilines is 2. The molecular weight excluding hydrogens is 358 g/mol. The van der Waals surface area contributed by atoms with Crippen molar-refractivity contribution < 1.29 is 18.8 Å². The molecule has 4 rings (SSSR count). The molecule has 0 bridgehead atoms. The average molecular weight is 373 g/mol. The van der Waals surface area contributed by atoms with Gasteiger partial charge in [0.25, 0.3) is 11.8 Å². The molecule has 4 N–H and O–H groups in total. The lowest BCUT2D eigenvalue weighted by atomic mass is 10.1. The second kappa shape index (κ2) is 6.44. The number of rotatable bonds is 4. The Hall–Kier alpha value is -2.90. The first kappa shape index (κ1) is 16.6. The van der Waals surface area contributed by atoms with Crippen molar-refractivity contribution in [2.24, 2.45) is 5.73 Å². The molecule has 134 valence electrons. The number of nitriles is 1. The Labute approximate surface area is 152 Å². The van der Waals surface area contributed by atoms with Crippen LogP contribution in [-0.4, -0.2) is 23.7 Å². The number of hydrogen-bond acceptors (Lipinski definition) is 7. The molecule has 1 saturated carbocycles. The first-order valence-corrected chi connectivity index (χ1v) is 8.90. The van der Waals surface area contributed by atoms with E-state index < -0.39 is 11.9 Å². The largest absolute Gasteiger partial charge is 0.376 e. The number of amides is 3. The lowest BCUT2D eigenvalue weighted by molar-refractivity contribution is 0.0991. The lowest BCUT2D eigenvalue weighted by Crippen LogP contribution is -2.22. The highest BCUT2D eigenvalue weighted by Gasteiger charge is 2.32. The monoisotopic (exact) mass is 373 g/mol. The van der Waals surface area contributed by atoms with Gasteiger partial charge in [0, 0.05) is 10.8 Å². The first-order valence-electron chi connectivity index (χ1n) is 8.08. The summed E-state index contributed by atoms with van der Waals surface area (Å²) in [6.07, 6.45) is 2.48. The van der Waals surface area contributed by atoms with Crippen molar-refractivity contribution >= 4 is 34.2 Å². The van der Waals surface area contributed by atoms with Crippen LogP contribution in [0.15, 0.2) is 4.52 Å². The number of carbonyl (C=O) groups excluding carboxylic acids is 2. The van der Waals surface area contributed by atoms with Crippen LogP contribution in [0.2, 0.25) is 0 Å². The van der Waals surface area contributed by atoms with Crippen LogP contribution in [0, 0.1) is 11.3 Å². The summed E-state index contributed by atoms with van der Waals surface area (Å²) in [5.74, 6) is -0.386. The van der Waals surface area contributed by atoms with E-state index in [0.29, 0.717) is 35.9 Å². The SMILES string of the molecule is N#Cc1c(C2CC2)noc1NC(=O)Nc1sc2c(c1C(N)=O)CCOC2. The molecule has 26 heavy (non-hydrogen) atoms. The third-order valence-corrected chi connectivity index (χ3v) is 5.44. The van der Waals surface area contributed by atoms with E-state index in [4.69, 9.17) is 15.0 Å². The molecule has 0 spiro atoms. The summed E-state index contributed by atoms with van der Waals surface area (Å²) in [7, 11) is 0. The van der Waals surface area contributed by atoms with E-state index in [-0.39, 0.29) is 17.4 Å². The minimum atomic E-state index is -0.637. The first-order chi connectivity index (χ1) is 12.6. The molecule has 9 nitrogen and oxygen atoms in total. The lowest BCUT2D eigenvalue weighted by Gasteiger charge is -2.12. The van der Waals surface area contributed by atoms with Gasteiger partial charge < -0.3 is 15.0 Å². The number of aromatic nitrogens is 1. The standard InChI is InChI=1S/C16H15N5O4S/c17-5-9-12(7-1-2-7)21-25-14(9)19-16(23)20-15-11(13(18)22)8-3-4-24-6-10(8)26-15/h7H,1-4,6H2,(H2,18,22)(H2,19,20,23). The highest BCUT2D eigenvalue weighted by Crippen LogP contribution is 2.42. The molecule has 2 aromatic rings. The zero-order valence-electron chi connectivity index (χ0n) is 13.6. The highest BCUT2D eigenvalue weighted by atomic mass is 32.1. The number of primary amides is 1. The minimum absolute atomic E-state index is 0.00261. The van der Waals surface area contributed by atoms with Gasteiger partial charge in [-0.3, -0.25) is 15.4 Å². The summed E-state index contributed by atoms with van der Waals surface area (Å²) in [6.45, 7) is 0.887. The van der Waals surface area contributed by atoms with E-state index in [0.717, 1.165) is 23.3 Å². The van der Waals surface area contributed by atoms with Crippen LogP contribution in [0.4, 0.5) is 15.7 Å². The summed E-state index contributed by atoms with van der Waals surface area (Å²) < 4.78 is 10.5. The quantitative estimate of drug-likeness (QED) is 0.750. The van der Waals surface area contributed by atoms with Crippen LogP contribution < -0.4 is 16.4 Å². The Balaban J connectivity index is 1.55. The summed E-state index contributed by atoms with van der Waals surface area (Å²) in [5, 5.41) is 18.6. The Kier molecular flexibility index (Phi) is 4.10. The number of urea groups is 1. The molecule has 2 aliphatic rings. The summed E-state index contributed by atoms with van der Waals surface area (Å²) in [6, 6.07) is 1.38. The Bertz CT molecular complexity index is 937. The molecule has 1 aliphatic heterocycles. The van der Waals surface area contributed by atoms with Crippen LogP contribution in [0.3, 0.4) is 0 Å². The molecule has 0 saturated heterocycles. The van der Waals surface area contributed by atoms with Crippen molar-refractivity contribution in [2.45, 2.75) is 31.8 Å². The number of nitrogens with zero attached hydrogens (tertiary/aromatic N) is 2. The number of thiophene rings is 1. The predicted molar refractivity (Wildman–Crippen MR) is 92.0 cm³/mol. The number of carbonyl (C=O) groups is 2. The highest BCUT2D eigenvalue weighted by molar-refractivity contribution is 7.17. The number of nitrogens with one attached hydrogen (secondary N) is 2. The maximum atomic E-state index is 12.3. The summed E-state index contributed by atoms with van der Waals surface area (Å²) >= 11 is 1.25. The van der Waals surface area contributed by atoms with Gasteiger partial charge in [-0.15, -0.1) is 11.3 Å². The molecule has 3 heterocycles. The number of hydrogen-bond donors (Lipinski definition) is 3. The van der Waals surface area contributed by atoms with Gasteiger partial charge in [-0.2, -0.15) is 5.26 Å². The summed E-state index contributed by atoms with van der Waals surface area (Å²) in [5.41, 5.74) is 7.41. The van der Waals surface area contributed by atoms with Crippen LogP contribution >= 0.6 is 11.3 Å². The molecule has 2 aromatic heterocycles. The average Bonchev–Trinajstić information content (AvgIpc) is 3.27. The van der Waals surface area contributed by atoms with Crippen molar-refractivity contribution in [3.63, 3.8) is 0 Å². The van der Waals surface area contributed by atoms with Crippen LogP contribution in [0.1, 0.15) is 50.8 Å². The summed E-state index contributed by atoms with van der Waals surface area (Å²) in [4.78, 5) is 25.0. The second-order valence-corrected chi connectivity index (χ2v) is 7.22. The van der Waals surface area contributed by atoms with E-state index >= 15 is 0 Å². The smallest absolute Gasteiger partial charge is 0.326 e. The Morgan fingerprint density at radius 1 is 1.35 bits per heavy atom. The number of ether oxygens (including phenoxy) is 1. The Morgan fingerprint density at radius 2 is 2.15 bits per heavy atom. The zero-order valence-corrected chi connectivity index (χ0v) is 14.4. The van der Waals surface area contributed by atoms with Crippen molar-refractivity contribution in [3.05, 3.63) is 27.3 Å². The molecule has 0 unspecified atom stereocenters. The molecule has 1 fully saturated rings. The van der Waals surface area contributed by atoms with Gasteiger partial charge in [-0.1, -0.05) is 5.16 Å². The van der Waals surface area contributed by atoms with E-state index in [1.54, 1.807) is 0 Å². The van der Waals surface area contributed by atoms with E-state index in [2.05, 4.69) is 15.8 Å². The topological polar surface area (TPSA) is 143 Å². The zero-order chi connectivity index (χ0) is 18.3. The van der Waals surface area contributed by atoms with Crippen LogP contribution in [0.5, 0.6) is 0 Å². The van der Waals surface area contributed by atoms with Crippen molar-refractivity contribution in [1.29, 1.82) is 5.26 Å². The normalized spacial score (nSPS) is 15.8. The van der Waals surface area contributed by atoms with Gasteiger partial charge in [0.1, 0.15) is 22.3 Å². The van der Waals surface area contributed by atoms with E-state index in [9.17, 15) is 14.9 Å². The van der Waals surface area contributed by atoms with Crippen LogP contribution in [0.25, 0.3) is 0 Å². The van der Waals surface area contributed by atoms with Gasteiger partial charge in [-0.25, -0.2) is 4.79 Å². The molecule has 1 aliphatic carbocycles. The van der Waals surface area contributed by atoms with Gasteiger partial charge >= 0.3 is 6.03 Å². The van der Waals surface area contributed by atoms with E-state index in [1.165, 1.54) is 11.3 Å². The minimum Gasteiger partial charge on any atom is -0.376 e. The van der Waals surface area contributed by atoms with Crippen LogP contribution in [-0.2, 0) is 17.8 Å². The number of nitrogens with two attached hydrogens (primary N) is 1. The van der Waals surface area contributed by atoms with Crippen molar-refractivity contribution in [1.82, 2.24) is 5.16 Å². The fraction of sp³-hybridized carbons (Fsp3) is 0.375. The van der Waals surface area contributed by atoms with Crippen molar-refractivity contribution in [3.8, 4) is 6.07 Å². The maximum Gasteiger partial charge on any atom is 0.326 e. The fourth-order valence-electron chi connectivity index (χ4n) is 2.95. The second-order valence-electron chi connectivity index (χ2n) is 6.11. The van der Waals surface area contributed by atoms with Crippen molar-refractivity contribution in [2.75, 3.05) is 17.2 Å². The van der Waals surface area contributed by atoms with Gasteiger partial charge in [-0.05, 0) is 24.8 Å². The molecule has 0 aromatic carbocycles. The fourth-order valence-corrected chi connectivity index (χ4v) is 4.14. The van der Waals surface area contributed by atoms with Gasteiger partial charge in [0.05, 0.1) is 18.8 Å². The third kappa shape index (κ3) is 2.91. The molecule has 0 atom stereocenters. The predicted octanol–water partition coefficient (Wildman–Crippen LogP) is 2.30. The third-order valence-electron chi connectivity index (χ3n) is 4.32. The van der Waals surface area contributed by atoms with Gasteiger partial charge in [0.15, 0.2) is 0 Å². The number of fused-ring (bicyclic) bond motifs is 1. The Morgan fingerprint density at radius 3 is 2.85 bits per heavy atom. The van der Waals surface area contributed by atoms with Gasteiger partial charge in [0.2, 0.25) is 0 Å². The molecule has 0 radical (unpaired) electrons.